The highest BCUT2D eigenvalue weighted by molar-refractivity contribution is 7.98. The van der Waals surface area contributed by atoms with Gasteiger partial charge >= 0.3 is 0 Å². The van der Waals surface area contributed by atoms with Crippen molar-refractivity contribution in [2.75, 3.05) is 43.1 Å². The average Bonchev–Trinajstić information content (AvgIpc) is 3.17. The predicted molar refractivity (Wildman–Crippen MR) is 124 cm³/mol. The summed E-state index contributed by atoms with van der Waals surface area (Å²) >= 11 is 3.37. The van der Waals surface area contributed by atoms with E-state index in [1.807, 2.05) is 12.1 Å². The molecule has 2 aromatic carbocycles. The van der Waals surface area contributed by atoms with E-state index < -0.39 is 15.6 Å². The number of carbonyl (C=O) groups excluding carboxylic acids is 1. The summed E-state index contributed by atoms with van der Waals surface area (Å²) < 4.78 is 26.0. The molecule has 158 valence electrons. The smallest absolute Gasteiger partial charge is 0.237 e. The highest BCUT2D eigenvalue weighted by atomic mass is 32.2. The third kappa shape index (κ3) is 4.96. The number of thioether (sulfide) groups is 1. The number of hydrogen-bond acceptors (Lipinski definition) is 7. The van der Waals surface area contributed by atoms with Crippen LogP contribution in [0, 0.1) is 0 Å². The van der Waals surface area contributed by atoms with Gasteiger partial charge in [0, 0.05) is 31.1 Å². The maximum absolute atomic E-state index is 12.6. The Morgan fingerprint density at radius 1 is 1.10 bits per heavy atom. The lowest BCUT2D eigenvalue weighted by molar-refractivity contribution is -0.128. The number of aromatic nitrogens is 1. The molecule has 1 aliphatic heterocycles. The molecule has 4 rings (SSSR count). The topological polar surface area (TPSA) is 70.6 Å². The molecule has 0 aliphatic carbocycles. The van der Waals surface area contributed by atoms with Crippen molar-refractivity contribution in [1.82, 2.24) is 9.88 Å². The van der Waals surface area contributed by atoms with Crippen LogP contribution >= 0.6 is 23.1 Å². The molecule has 1 aromatic heterocycles. The second-order valence-electron chi connectivity index (χ2n) is 7.22. The summed E-state index contributed by atoms with van der Waals surface area (Å²) in [6.07, 6.45) is 2.05. The van der Waals surface area contributed by atoms with Crippen LogP contribution in [0.25, 0.3) is 10.2 Å². The Kier molecular flexibility index (Phi) is 6.31. The molecule has 0 radical (unpaired) electrons. The molecule has 0 N–H and O–H groups in total. The van der Waals surface area contributed by atoms with Crippen LogP contribution in [-0.4, -0.2) is 62.4 Å². The summed E-state index contributed by atoms with van der Waals surface area (Å²) in [4.78, 5) is 22.3. The minimum Gasteiger partial charge on any atom is -0.345 e. The van der Waals surface area contributed by atoms with Gasteiger partial charge in [0.2, 0.25) is 5.91 Å². The number of rotatable bonds is 6. The van der Waals surface area contributed by atoms with Crippen LogP contribution < -0.4 is 4.90 Å². The van der Waals surface area contributed by atoms with E-state index >= 15 is 0 Å². The van der Waals surface area contributed by atoms with Crippen molar-refractivity contribution >= 4 is 54.2 Å². The number of anilines is 1. The van der Waals surface area contributed by atoms with Gasteiger partial charge in [0.1, 0.15) is 5.75 Å². The van der Waals surface area contributed by atoms with Crippen molar-refractivity contribution in [1.29, 1.82) is 0 Å². The molecular weight excluding hydrogens is 438 g/mol. The lowest BCUT2D eigenvalue weighted by Gasteiger charge is -2.34. The van der Waals surface area contributed by atoms with Gasteiger partial charge in [-0.15, -0.1) is 11.8 Å². The summed E-state index contributed by atoms with van der Waals surface area (Å²) in [5.74, 6) is -0.872. The first-order chi connectivity index (χ1) is 14.4. The summed E-state index contributed by atoms with van der Waals surface area (Å²) in [6.45, 7) is 2.32. The van der Waals surface area contributed by atoms with Gasteiger partial charge in [-0.2, -0.15) is 0 Å². The Morgan fingerprint density at radius 3 is 2.53 bits per heavy atom. The van der Waals surface area contributed by atoms with Gasteiger partial charge in [-0.3, -0.25) is 4.79 Å². The van der Waals surface area contributed by atoms with E-state index in [1.54, 1.807) is 52.3 Å². The maximum atomic E-state index is 12.6. The SMILES string of the molecule is CSc1ccc2nc(N3CCN(C(=O)CS(=O)(=O)Cc4ccccc4)CC3)sc2c1. The van der Waals surface area contributed by atoms with E-state index in [-0.39, 0.29) is 11.7 Å². The third-order valence-corrected chi connectivity index (χ3v) is 8.32. The molecule has 1 amide bonds. The lowest BCUT2D eigenvalue weighted by Crippen LogP contribution is -2.50. The van der Waals surface area contributed by atoms with E-state index in [0.717, 1.165) is 15.3 Å². The molecule has 3 aromatic rings. The van der Waals surface area contributed by atoms with E-state index in [9.17, 15) is 13.2 Å². The Labute approximate surface area is 184 Å². The molecule has 0 saturated carbocycles. The van der Waals surface area contributed by atoms with Crippen molar-refractivity contribution in [3.05, 3.63) is 54.1 Å². The number of benzene rings is 2. The normalized spacial score (nSPS) is 15.0. The predicted octanol–water partition coefficient (Wildman–Crippen LogP) is 3.28. The number of sulfone groups is 1. The second-order valence-corrected chi connectivity index (χ2v) is 11.2. The first-order valence-corrected chi connectivity index (χ1v) is 13.5. The zero-order valence-corrected chi connectivity index (χ0v) is 19.1. The Hall–Kier alpha value is -2.10. The van der Waals surface area contributed by atoms with E-state index in [0.29, 0.717) is 31.7 Å². The molecule has 0 spiro atoms. The number of nitrogens with zero attached hydrogens (tertiary/aromatic N) is 3. The summed E-state index contributed by atoms with van der Waals surface area (Å²) in [5, 5.41) is 0.951. The lowest BCUT2D eigenvalue weighted by atomic mass is 10.2. The van der Waals surface area contributed by atoms with Gasteiger partial charge in [0.25, 0.3) is 0 Å². The Morgan fingerprint density at radius 2 is 1.83 bits per heavy atom. The van der Waals surface area contributed by atoms with Gasteiger partial charge in [-0.1, -0.05) is 41.7 Å². The van der Waals surface area contributed by atoms with Crippen LogP contribution in [-0.2, 0) is 20.4 Å². The summed E-state index contributed by atoms with van der Waals surface area (Å²) in [6, 6.07) is 15.2. The fourth-order valence-corrected chi connectivity index (χ4v) is 6.39. The zero-order chi connectivity index (χ0) is 21.1. The highest BCUT2D eigenvalue weighted by Gasteiger charge is 2.26. The molecule has 30 heavy (non-hydrogen) atoms. The van der Waals surface area contributed by atoms with Crippen LogP contribution in [0.2, 0.25) is 0 Å². The van der Waals surface area contributed by atoms with Crippen molar-refractivity contribution < 1.29 is 13.2 Å². The molecule has 1 saturated heterocycles. The first kappa shape index (κ1) is 21.1. The molecule has 6 nitrogen and oxygen atoms in total. The Balaban J connectivity index is 1.35. The molecule has 1 fully saturated rings. The van der Waals surface area contributed by atoms with Crippen molar-refractivity contribution in [2.45, 2.75) is 10.6 Å². The number of carbonyl (C=O) groups is 1. The molecular formula is C21H23N3O3S3. The second kappa shape index (κ2) is 8.95. The van der Waals surface area contributed by atoms with Crippen LogP contribution in [0.3, 0.4) is 0 Å². The van der Waals surface area contributed by atoms with Crippen molar-refractivity contribution in [3.8, 4) is 0 Å². The highest BCUT2D eigenvalue weighted by Crippen LogP contribution is 2.32. The largest absolute Gasteiger partial charge is 0.345 e. The molecule has 2 heterocycles. The van der Waals surface area contributed by atoms with Gasteiger partial charge in [0.15, 0.2) is 15.0 Å². The quantitative estimate of drug-likeness (QED) is 0.525. The monoisotopic (exact) mass is 461 g/mol. The number of thiazole rings is 1. The molecule has 0 unspecified atom stereocenters. The van der Waals surface area contributed by atoms with E-state index in [2.05, 4.69) is 23.3 Å². The van der Waals surface area contributed by atoms with Gasteiger partial charge in [0.05, 0.1) is 16.0 Å². The van der Waals surface area contributed by atoms with Gasteiger partial charge in [-0.05, 0) is 30.0 Å². The number of amides is 1. The minimum absolute atomic E-state index is 0.108. The standard InChI is InChI=1S/C21H23N3O3S3/c1-28-17-7-8-18-19(13-17)29-21(22-18)24-11-9-23(10-12-24)20(25)15-30(26,27)14-16-5-3-2-4-6-16/h2-8,13H,9-12,14-15H2,1H3. The van der Waals surface area contributed by atoms with Gasteiger partial charge < -0.3 is 9.80 Å². The molecule has 9 heteroatoms. The average molecular weight is 462 g/mol. The molecule has 0 atom stereocenters. The van der Waals surface area contributed by atoms with Crippen LogP contribution in [0.1, 0.15) is 5.56 Å². The molecule has 0 bridgehead atoms. The Bertz CT molecular complexity index is 1140. The number of piperazine rings is 1. The first-order valence-electron chi connectivity index (χ1n) is 9.65. The summed E-state index contributed by atoms with van der Waals surface area (Å²) in [5.41, 5.74) is 1.69. The van der Waals surface area contributed by atoms with Crippen LogP contribution in [0.4, 0.5) is 5.13 Å². The minimum atomic E-state index is -3.49. The maximum Gasteiger partial charge on any atom is 0.237 e. The number of hydrogen-bond donors (Lipinski definition) is 0. The summed E-state index contributed by atoms with van der Waals surface area (Å²) in [7, 11) is -3.49. The fraction of sp³-hybridized carbons (Fsp3) is 0.333. The zero-order valence-electron chi connectivity index (χ0n) is 16.7. The van der Waals surface area contributed by atoms with E-state index in [1.165, 1.54) is 4.90 Å². The van der Waals surface area contributed by atoms with Gasteiger partial charge in [-0.25, -0.2) is 13.4 Å². The van der Waals surface area contributed by atoms with Crippen LogP contribution in [0.5, 0.6) is 0 Å². The fourth-order valence-electron chi connectivity index (χ4n) is 3.46. The molecule has 1 aliphatic rings. The number of fused-ring (bicyclic) bond motifs is 1. The van der Waals surface area contributed by atoms with Crippen molar-refractivity contribution in [2.24, 2.45) is 0 Å². The van der Waals surface area contributed by atoms with Crippen molar-refractivity contribution in [3.63, 3.8) is 0 Å². The third-order valence-electron chi connectivity index (χ3n) is 5.06. The van der Waals surface area contributed by atoms with E-state index in [4.69, 9.17) is 4.98 Å². The van der Waals surface area contributed by atoms with Crippen LogP contribution in [0.15, 0.2) is 53.4 Å².